The second kappa shape index (κ2) is 5.82. The molecule has 2 fully saturated rings. The maximum atomic E-state index is 13.3. The number of hydrogen-bond donors (Lipinski definition) is 0. The van der Waals surface area contributed by atoms with Gasteiger partial charge in [-0.25, -0.2) is 21.2 Å². The van der Waals surface area contributed by atoms with Crippen LogP contribution in [0, 0.1) is 12.7 Å². The number of benzene rings is 1. The van der Waals surface area contributed by atoms with Crippen LogP contribution in [-0.2, 0) is 19.7 Å². The van der Waals surface area contributed by atoms with Crippen molar-refractivity contribution in [3.05, 3.63) is 29.6 Å². The fourth-order valence-corrected chi connectivity index (χ4v) is 8.66. The molecule has 128 valence electrons. The first-order valence-electron chi connectivity index (χ1n) is 7.65. The normalized spacial score (nSPS) is 28.3. The summed E-state index contributed by atoms with van der Waals surface area (Å²) < 4.78 is 63.4. The molecule has 5 nitrogen and oxygen atoms in total. The molecule has 0 bridgehead atoms. The zero-order valence-corrected chi connectivity index (χ0v) is 14.5. The highest BCUT2D eigenvalue weighted by Gasteiger charge is 2.48. The third kappa shape index (κ3) is 3.16. The molecule has 0 aromatic heterocycles. The maximum Gasteiger partial charge on any atom is 0.184 e. The molecule has 0 aliphatic carbocycles. The first-order valence-corrected chi connectivity index (χ1v) is 11.0. The number of hydrogen-bond acceptors (Lipinski definition) is 5. The van der Waals surface area contributed by atoms with E-state index in [-0.39, 0.29) is 16.4 Å². The summed E-state index contributed by atoms with van der Waals surface area (Å²) in [5.41, 5.74) is 0.314. The van der Waals surface area contributed by atoms with Gasteiger partial charge in [-0.1, -0.05) is 0 Å². The summed E-state index contributed by atoms with van der Waals surface area (Å²) in [4.78, 5) is 2.01. The van der Waals surface area contributed by atoms with Crippen LogP contribution in [0.2, 0.25) is 0 Å². The van der Waals surface area contributed by atoms with Gasteiger partial charge in [0.1, 0.15) is 5.82 Å². The largest absolute Gasteiger partial charge is 0.298 e. The monoisotopic (exact) mass is 361 g/mol. The van der Waals surface area contributed by atoms with E-state index in [0.29, 0.717) is 5.56 Å². The Morgan fingerprint density at radius 1 is 1.17 bits per heavy atom. The third-order valence-electron chi connectivity index (χ3n) is 4.72. The molecule has 2 saturated heterocycles. The second-order valence-electron chi connectivity index (χ2n) is 6.38. The molecule has 0 spiro atoms. The number of likely N-dealkylation sites (tertiary alicyclic amines) is 1. The van der Waals surface area contributed by atoms with Crippen LogP contribution in [-0.4, -0.2) is 57.6 Å². The Labute approximate surface area is 136 Å². The average Bonchev–Trinajstić information content (AvgIpc) is 3.05. The summed E-state index contributed by atoms with van der Waals surface area (Å²) >= 11 is 0. The van der Waals surface area contributed by atoms with Crippen molar-refractivity contribution in [1.29, 1.82) is 0 Å². The Morgan fingerprint density at radius 2 is 1.83 bits per heavy atom. The highest BCUT2D eigenvalue weighted by molar-refractivity contribution is 7.96. The van der Waals surface area contributed by atoms with Crippen molar-refractivity contribution in [3.63, 3.8) is 0 Å². The van der Waals surface area contributed by atoms with Crippen molar-refractivity contribution in [2.45, 2.75) is 36.0 Å². The molecule has 0 radical (unpaired) electrons. The molecule has 2 heterocycles. The fourth-order valence-electron chi connectivity index (χ4n) is 3.60. The number of aryl methyl sites for hydroxylation is 1. The summed E-state index contributed by atoms with van der Waals surface area (Å²) in [7, 11) is -7.22. The quantitative estimate of drug-likeness (QED) is 0.756. The molecular weight excluding hydrogens is 341 g/mol. The van der Waals surface area contributed by atoms with E-state index in [0.717, 1.165) is 32.0 Å². The van der Waals surface area contributed by atoms with E-state index in [1.54, 1.807) is 0 Å². The van der Waals surface area contributed by atoms with Crippen LogP contribution in [0.25, 0.3) is 0 Å². The minimum Gasteiger partial charge on any atom is -0.298 e. The zero-order valence-electron chi connectivity index (χ0n) is 12.9. The Bertz CT molecular complexity index is 814. The van der Waals surface area contributed by atoms with E-state index >= 15 is 0 Å². The summed E-state index contributed by atoms with van der Waals surface area (Å²) in [6.45, 7) is 2.99. The Kier molecular flexibility index (Phi) is 4.27. The van der Waals surface area contributed by atoms with Gasteiger partial charge in [0.15, 0.2) is 19.7 Å². The Hall–Kier alpha value is -0.990. The van der Waals surface area contributed by atoms with Crippen molar-refractivity contribution >= 4 is 19.7 Å². The standard InChI is InChI=1S/C15H20FNO4S2/c1-11-8-12(16)4-5-14(11)23(20,21)15-10-22(18,19)9-13(15)17-6-2-3-7-17/h4-5,8,13,15H,2-3,6-7,9-10H2,1H3/t13-,15-/m0/s1. The molecule has 2 aliphatic heterocycles. The zero-order chi connectivity index (χ0) is 16.8. The lowest BCUT2D eigenvalue weighted by Gasteiger charge is -2.28. The van der Waals surface area contributed by atoms with Gasteiger partial charge in [0.05, 0.1) is 21.7 Å². The van der Waals surface area contributed by atoms with Crippen LogP contribution in [0.1, 0.15) is 18.4 Å². The van der Waals surface area contributed by atoms with Gasteiger partial charge < -0.3 is 0 Å². The molecule has 1 aromatic carbocycles. The predicted octanol–water partition coefficient (Wildman–Crippen LogP) is 1.17. The van der Waals surface area contributed by atoms with Gasteiger partial charge in [-0.05, 0) is 56.6 Å². The average molecular weight is 361 g/mol. The lowest BCUT2D eigenvalue weighted by Crippen LogP contribution is -2.45. The molecule has 0 N–H and O–H groups in total. The topological polar surface area (TPSA) is 71.5 Å². The van der Waals surface area contributed by atoms with Crippen LogP contribution in [0.4, 0.5) is 4.39 Å². The van der Waals surface area contributed by atoms with Crippen molar-refractivity contribution in [3.8, 4) is 0 Å². The molecule has 0 saturated carbocycles. The number of halogens is 1. The third-order valence-corrected chi connectivity index (χ3v) is 9.00. The lowest BCUT2D eigenvalue weighted by atomic mass is 10.2. The minimum atomic E-state index is -3.83. The van der Waals surface area contributed by atoms with Crippen molar-refractivity contribution in [1.82, 2.24) is 4.90 Å². The number of rotatable bonds is 3. The molecule has 23 heavy (non-hydrogen) atoms. The van der Waals surface area contributed by atoms with Gasteiger partial charge >= 0.3 is 0 Å². The molecule has 2 atom stereocenters. The van der Waals surface area contributed by atoms with E-state index in [1.807, 2.05) is 4.90 Å². The minimum absolute atomic E-state index is 0.0326. The van der Waals surface area contributed by atoms with Gasteiger partial charge in [0, 0.05) is 6.04 Å². The molecule has 2 aliphatic rings. The van der Waals surface area contributed by atoms with E-state index in [4.69, 9.17) is 0 Å². The van der Waals surface area contributed by atoms with Crippen LogP contribution in [0.5, 0.6) is 0 Å². The van der Waals surface area contributed by atoms with E-state index in [1.165, 1.54) is 19.1 Å². The lowest BCUT2D eigenvalue weighted by molar-refractivity contribution is 0.264. The van der Waals surface area contributed by atoms with Gasteiger partial charge in [-0.2, -0.15) is 0 Å². The first kappa shape index (κ1) is 16.9. The second-order valence-corrected chi connectivity index (χ2v) is 10.7. The molecular formula is C15H20FNO4S2. The van der Waals surface area contributed by atoms with E-state index < -0.39 is 36.8 Å². The van der Waals surface area contributed by atoms with Crippen LogP contribution < -0.4 is 0 Å². The number of nitrogens with zero attached hydrogens (tertiary/aromatic N) is 1. The first-order chi connectivity index (χ1) is 10.7. The van der Waals surface area contributed by atoms with E-state index in [2.05, 4.69) is 0 Å². The molecule has 0 amide bonds. The molecule has 0 unspecified atom stereocenters. The Balaban J connectivity index is 2.02. The van der Waals surface area contributed by atoms with E-state index in [9.17, 15) is 21.2 Å². The smallest absolute Gasteiger partial charge is 0.184 e. The van der Waals surface area contributed by atoms with Gasteiger partial charge in [-0.15, -0.1) is 0 Å². The summed E-state index contributed by atoms with van der Waals surface area (Å²) in [5.74, 6) is -0.971. The van der Waals surface area contributed by atoms with Gasteiger partial charge in [0.2, 0.25) is 0 Å². The van der Waals surface area contributed by atoms with Gasteiger partial charge in [-0.3, -0.25) is 4.90 Å². The Morgan fingerprint density at radius 3 is 2.43 bits per heavy atom. The fraction of sp³-hybridized carbons (Fsp3) is 0.600. The van der Waals surface area contributed by atoms with Crippen molar-refractivity contribution in [2.24, 2.45) is 0 Å². The summed E-state index contributed by atoms with van der Waals surface area (Å²) in [6, 6.07) is 3.01. The van der Waals surface area contributed by atoms with Crippen LogP contribution in [0.3, 0.4) is 0 Å². The van der Waals surface area contributed by atoms with Gasteiger partial charge in [0.25, 0.3) is 0 Å². The summed E-state index contributed by atoms with van der Waals surface area (Å²) in [5, 5.41) is -0.977. The molecule has 8 heteroatoms. The van der Waals surface area contributed by atoms with Crippen LogP contribution >= 0.6 is 0 Å². The maximum absolute atomic E-state index is 13.3. The van der Waals surface area contributed by atoms with Crippen LogP contribution in [0.15, 0.2) is 23.1 Å². The molecule has 3 rings (SSSR count). The highest BCUT2D eigenvalue weighted by atomic mass is 32.2. The highest BCUT2D eigenvalue weighted by Crippen LogP contribution is 2.32. The number of sulfone groups is 2. The predicted molar refractivity (Wildman–Crippen MR) is 85.4 cm³/mol. The SMILES string of the molecule is Cc1cc(F)ccc1S(=O)(=O)[C@H]1CS(=O)(=O)C[C@@H]1N1CCCC1. The van der Waals surface area contributed by atoms with Crippen molar-refractivity contribution in [2.75, 3.05) is 24.6 Å². The summed E-state index contributed by atoms with van der Waals surface area (Å²) in [6.07, 6.45) is 1.91. The van der Waals surface area contributed by atoms with Crippen molar-refractivity contribution < 1.29 is 21.2 Å². The molecule has 1 aromatic rings.